The Morgan fingerprint density at radius 1 is 1.29 bits per heavy atom. The molecule has 0 spiro atoms. The monoisotopic (exact) mass is 310 g/mol. The van der Waals surface area contributed by atoms with Crippen molar-refractivity contribution < 1.29 is 9.59 Å². The Kier molecular flexibility index (Phi) is 7.40. The average Bonchev–Trinajstić information content (AvgIpc) is 2.46. The van der Waals surface area contributed by atoms with Crippen LogP contribution in [0.3, 0.4) is 0 Å². The summed E-state index contributed by atoms with van der Waals surface area (Å²) in [6, 6.07) is 7.09. The van der Waals surface area contributed by atoms with Crippen LogP contribution < -0.4 is 10.6 Å². The number of benzene rings is 1. The molecule has 1 amide bonds. The fourth-order valence-corrected chi connectivity index (χ4v) is 2.55. The van der Waals surface area contributed by atoms with E-state index in [4.69, 9.17) is 0 Å². The van der Waals surface area contributed by atoms with Gasteiger partial charge in [0.25, 0.3) is 0 Å². The molecular weight excluding hydrogens is 288 g/mol. The van der Waals surface area contributed by atoms with Crippen LogP contribution in [0.2, 0.25) is 0 Å². The average molecular weight is 311 g/mol. The molecule has 1 fully saturated rings. The topological polar surface area (TPSA) is 58.2 Å². The number of amides is 1. The van der Waals surface area contributed by atoms with E-state index in [1.807, 2.05) is 6.07 Å². The van der Waals surface area contributed by atoms with Gasteiger partial charge < -0.3 is 10.6 Å². The third-order valence-electron chi connectivity index (χ3n) is 3.79. The highest BCUT2D eigenvalue weighted by Gasteiger charge is 2.14. The highest BCUT2D eigenvalue weighted by molar-refractivity contribution is 5.97. The first kappa shape index (κ1) is 17.7. The van der Waals surface area contributed by atoms with Gasteiger partial charge in [-0.25, -0.2) is 0 Å². The number of nitrogens with one attached hydrogen (secondary N) is 2. The van der Waals surface area contributed by atoms with E-state index >= 15 is 0 Å². The largest absolute Gasteiger partial charge is 0.326 e. The number of rotatable bonds is 5. The number of halogens is 1. The van der Waals surface area contributed by atoms with E-state index in [-0.39, 0.29) is 24.1 Å². The van der Waals surface area contributed by atoms with Crippen molar-refractivity contribution in [3.05, 3.63) is 29.8 Å². The number of hydrogen-bond donors (Lipinski definition) is 2. The molecule has 0 aromatic heterocycles. The van der Waals surface area contributed by atoms with Crippen LogP contribution >= 0.6 is 12.4 Å². The quantitative estimate of drug-likeness (QED) is 0.822. The molecule has 1 aromatic rings. The molecule has 5 heteroatoms. The van der Waals surface area contributed by atoms with Crippen molar-refractivity contribution in [2.24, 2.45) is 5.92 Å². The Morgan fingerprint density at radius 2 is 2.00 bits per heavy atom. The van der Waals surface area contributed by atoms with Gasteiger partial charge in [0.15, 0.2) is 5.78 Å². The molecule has 116 valence electrons. The number of ketones is 1. The third-order valence-corrected chi connectivity index (χ3v) is 3.79. The van der Waals surface area contributed by atoms with Gasteiger partial charge in [0.1, 0.15) is 0 Å². The van der Waals surface area contributed by atoms with Gasteiger partial charge in [-0.3, -0.25) is 9.59 Å². The van der Waals surface area contributed by atoms with Crippen LogP contribution in [0.5, 0.6) is 0 Å². The minimum absolute atomic E-state index is 0. The van der Waals surface area contributed by atoms with E-state index in [9.17, 15) is 9.59 Å². The van der Waals surface area contributed by atoms with Crippen molar-refractivity contribution >= 4 is 29.8 Å². The summed E-state index contributed by atoms with van der Waals surface area (Å²) in [7, 11) is 0. The zero-order chi connectivity index (χ0) is 14.4. The summed E-state index contributed by atoms with van der Waals surface area (Å²) in [5, 5.41) is 6.20. The standard InChI is InChI=1S/C16H22N2O2.ClH/c1-12(19)14-3-2-4-15(11-14)18-16(20)6-5-13-7-9-17-10-8-13;/h2-4,11,13,17H,5-10H2,1H3,(H,18,20);1H. The number of carbonyl (C=O) groups excluding carboxylic acids is 2. The van der Waals surface area contributed by atoms with Gasteiger partial charge in [-0.15, -0.1) is 12.4 Å². The predicted octanol–water partition coefficient (Wildman–Crippen LogP) is 3.03. The van der Waals surface area contributed by atoms with Crippen LogP contribution in [0.4, 0.5) is 5.69 Å². The van der Waals surface area contributed by atoms with Crippen molar-refractivity contribution in [1.29, 1.82) is 0 Å². The van der Waals surface area contributed by atoms with E-state index in [1.165, 1.54) is 6.92 Å². The van der Waals surface area contributed by atoms with Gasteiger partial charge >= 0.3 is 0 Å². The van der Waals surface area contributed by atoms with Crippen LogP contribution in [0.25, 0.3) is 0 Å². The summed E-state index contributed by atoms with van der Waals surface area (Å²) in [6.45, 7) is 3.65. The number of piperidine rings is 1. The summed E-state index contributed by atoms with van der Waals surface area (Å²) in [4.78, 5) is 23.2. The molecule has 0 radical (unpaired) electrons. The van der Waals surface area contributed by atoms with Crippen molar-refractivity contribution in [3.63, 3.8) is 0 Å². The fourth-order valence-electron chi connectivity index (χ4n) is 2.55. The maximum absolute atomic E-state index is 11.9. The number of hydrogen-bond acceptors (Lipinski definition) is 3. The molecule has 0 bridgehead atoms. The molecule has 1 aliphatic heterocycles. The Balaban J connectivity index is 0.00000220. The lowest BCUT2D eigenvalue weighted by Gasteiger charge is -2.22. The van der Waals surface area contributed by atoms with Crippen molar-refractivity contribution in [3.8, 4) is 0 Å². The zero-order valence-electron chi connectivity index (χ0n) is 12.4. The summed E-state index contributed by atoms with van der Waals surface area (Å²) in [5.74, 6) is 0.700. The third kappa shape index (κ3) is 5.86. The molecule has 2 N–H and O–H groups in total. The minimum Gasteiger partial charge on any atom is -0.326 e. The second-order valence-corrected chi connectivity index (χ2v) is 5.42. The smallest absolute Gasteiger partial charge is 0.224 e. The first-order valence-electron chi connectivity index (χ1n) is 7.27. The number of Topliss-reactive ketones (excluding diaryl/α,β-unsaturated/α-hetero) is 1. The molecule has 1 saturated heterocycles. The molecule has 21 heavy (non-hydrogen) atoms. The number of carbonyl (C=O) groups is 2. The predicted molar refractivity (Wildman–Crippen MR) is 87.2 cm³/mol. The second-order valence-electron chi connectivity index (χ2n) is 5.42. The van der Waals surface area contributed by atoms with Crippen LogP contribution in [0.15, 0.2) is 24.3 Å². The molecule has 1 aliphatic rings. The van der Waals surface area contributed by atoms with Gasteiger partial charge in [0.05, 0.1) is 0 Å². The lowest BCUT2D eigenvalue weighted by Crippen LogP contribution is -2.28. The first-order valence-corrected chi connectivity index (χ1v) is 7.27. The lowest BCUT2D eigenvalue weighted by atomic mass is 9.93. The maximum atomic E-state index is 11.9. The Hall–Kier alpha value is -1.39. The lowest BCUT2D eigenvalue weighted by molar-refractivity contribution is -0.116. The molecule has 4 nitrogen and oxygen atoms in total. The highest BCUT2D eigenvalue weighted by Crippen LogP contribution is 2.18. The molecule has 2 rings (SSSR count). The molecule has 0 saturated carbocycles. The Morgan fingerprint density at radius 3 is 2.67 bits per heavy atom. The van der Waals surface area contributed by atoms with Crippen molar-refractivity contribution in [2.75, 3.05) is 18.4 Å². The zero-order valence-corrected chi connectivity index (χ0v) is 13.2. The SMILES string of the molecule is CC(=O)c1cccc(NC(=O)CCC2CCNCC2)c1.Cl. The van der Waals surface area contributed by atoms with Crippen LogP contribution in [0, 0.1) is 5.92 Å². The van der Waals surface area contributed by atoms with E-state index in [1.54, 1.807) is 18.2 Å². The first-order chi connectivity index (χ1) is 9.65. The van der Waals surface area contributed by atoms with Crippen molar-refractivity contribution in [1.82, 2.24) is 5.32 Å². The van der Waals surface area contributed by atoms with Crippen LogP contribution in [0.1, 0.15) is 43.0 Å². The van der Waals surface area contributed by atoms with Gasteiger partial charge in [0.2, 0.25) is 5.91 Å². The second kappa shape index (κ2) is 8.80. The van der Waals surface area contributed by atoms with E-state index in [0.717, 1.165) is 32.4 Å². The summed E-state index contributed by atoms with van der Waals surface area (Å²) in [6.07, 6.45) is 3.81. The van der Waals surface area contributed by atoms with Gasteiger partial charge in [-0.05, 0) is 57.3 Å². The van der Waals surface area contributed by atoms with Gasteiger partial charge in [0, 0.05) is 17.7 Å². The molecule has 1 aromatic carbocycles. The molecule has 0 atom stereocenters. The fraction of sp³-hybridized carbons (Fsp3) is 0.500. The summed E-state index contributed by atoms with van der Waals surface area (Å²) >= 11 is 0. The molecule has 1 heterocycles. The normalized spacial score (nSPS) is 15.1. The highest BCUT2D eigenvalue weighted by atomic mass is 35.5. The van der Waals surface area contributed by atoms with Gasteiger partial charge in [-0.2, -0.15) is 0 Å². The minimum atomic E-state index is 0. The van der Waals surface area contributed by atoms with Crippen LogP contribution in [-0.2, 0) is 4.79 Å². The van der Waals surface area contributed by atoms with E-state index in [0.29, 0.717) is 23.6 Å². The molecule has 0 aliphatic carbocycles. The van der Waals surface area contributed by atoms with E-state index < -0.39 is 0 Å². The van der Waals surface area contributed by atoms with E-state index in [2.05, 4.69) is 10.6 Å². The number of anilines is 1. The Bertz CT molecular complexity index is 485. The molecule has 0 unspecified atom stereocenters. The summed E-state index contributed by atoms with van der Waals surface area (Å²) in [5.41, 5.74) is 1.33. The molecular formula is C16H23ClN2O2. The maximum Gasteiger partial charge on any atom is 0.224 e. The Labute approximate surface area is 132 Å². The van der Waals surface area contributed by atoms with Crippen LogP contribution in [-0.4, -0.2) is 24.8 Å². The van der Waals surface area contributed by atoms with Gasteiger partial charge in [-0.1, -0.05) is 12.1 Å². The van der Waals surface area contributed by atoms with Crippen molar-refractivity contribution in [2.45, 2.75) is 32.6 Å². The summed E-state index contributed by atoms with van der Waals surface area (Å²) < 4.78 is 0.